The monoisotopic (exact) mass is 264 g/mol. The normalized spacial score (nSPS) is 21.1. The molecule has 0 saturated carbocycles. The molecule has 90 valence electrons. The van der Waals surface area contributed by atoms with Crippen molar-refractivity contribution < 1.29 is 0 Å². The summed E-state index contributed by atoms with van der Waals surface area (Å²) in [6.07, 6.45) is 4.48. The van der Waals surface area contributed by atoms with Crippen LogP contribution < -0.4 is 0 Å². The minimum atomic E-state index is 0.553. The molecule has 1 saturated heterocycles. The Balaban J connectivity index is 1.74. The zero-order chi connectivity index (χ0) is 11.7. The molecule has 1 fully saturated rings. The minimum Gasteiger partial charge on any atom is -0.289 e. The van der Waals surface area contributed by atoms with Crippen LogP contribution >= 0.6 is 22.7 Å². The summed E-state index contributed by atoms with van der Waals surface area (Å²) in [5.41, 5.74) is 0. The number of aromatic nitrogens is 1. The fraction of sp³-hybridized carbons (Fsp3) is 0.462. The fourth-order valence-electron chi connectivity index (χ4n) is 2.46. The topological polar surface area (TPSA) is 16.1 Å². The van der Waals surface area contributed by atoms with Crippen molar-refractivity contribution >= 4 is 22.7 Å². The summed E-state index contributed by atoms with van der Waals surface area (Å²) in [4.78, 5) is 9.93. The van der Waals surface area contributed by atoms with Crippen LogP contribution in [0.1, 0.15) is 33.6 Å². The van der Waals surface area contributed by atoms with Gasteiger partial charge in [0.05, 0.1) is 6.04 Å². The van der Waals surface area contributed by atoms with Crippen LogP contribution in [0.15, 0.2) is 23.7 Å². The average Bonchev–Trinajstić information content (AvgIpc) is 3.00. The van der Waals surface area contributed by atoms with Gasteiger partial charge in [-0.2, -0.15) is 0 Å². The molecule has 0 N–H and O–H groups in total. The van der Waals surface area contributed by atoms with E-state index in [1.54, 1.807) is 11.3 Å². The Hall–Kier alpha value is -0.710. The molecular formula is C13H16N2S2. The van der Waals surface area contributed by atoms with Gasteiger partial charge < -0.3 is 0 Å². The molecule has 1 atom stereocenters. The summed E-state index contributed by atoms with van der Waals surface area (Å²) in [5.74, 6) is 0. The highest BCUT2D eigenvalue weighted by atomic mass is 32.1. The Morgan fingerprint density at radius 2 is 2.41 bits per heavy atom. The summed E-state index contributed by atoms with van der Waals surface area (Å²) in [7, 11) is 0. The van der Waals surface area contributed by atoms with Crippen molar-refractivity contribution in [3.8, 4) is 0 Å². The van der Waals surface area contributed by atoms with Crippen molar-refractivity contribution in [2.45, 2.75) is 32.4 Å². The van der Waals surface area contributed by atoms with Gasteiger partial charge in [-0.1, -0.05) is 0 Å². The highest BCUT2D eigenvalue weighted by Gasteiger charge is 2.27. The molecule has 1 unspecified atom stereocenters. The van der Waals surface area contributed by atoms with Gasteiger partial charge in [-0.15, -0.1) is 22.7 Å². The maximum atomic E-state index is 4.48. The van der Waals surface area contributed by atoms with Gasteiger partial charge >= 0.3 is 0 Å². The Morgan fingerprint density at radius 3 is 3.12 bits per heavy atom. The zero-order valence-corrected chi connectivity index (χ0v) is 11.6. The van der Waals surface area contributed by atoms with Crippen LogP contribution in [0.4, 0.5) is 0 Å². The van der Waals surface area contributed by atoms with E-state index < -0.39 is 0 Å². The standard InChI is InChI=1S/C13H16N2S2/c1-10-4-5-11(17-10)9-15-7-2-3-12(15)13-14-6-8-16-13/h4-6,8,12H,2-3,7,9H2,1H3. The van der Waals surface area contributed by atoms with Gasteiger partial charge in [0.15, 0.2) is 0 Å². The molecule has 0 bridgehead atoms. The largest absolute Gasteiger partial charge is 0.289 e. The van der Waals surface area contributed by atoms with Crippen LogP contribution in [-0.4, -0.2) is 16.4 Å². The van der Waals surface area contributed by atoms with E-state index in [2.05, 4.69) is 34.3 Å². The molecule has 2 aromatic heterocycles. The van der Waals surface area contributed by atoms with Gasteiger partial charge in [-0.3, -0.25) is 4.90 Å². The third kappa shape index (κ3) is 2.44. The highest BCUT2D eigenvalue weighted by molar-refractivity contribution is 7.11. The van der Waals surface area contributed by atoms with E-state index in [0.29, 0.717) is 6.04 Å². The smallest absolute Gasteiger partial charge is 0.110 e. The van der Waals surface area contributed by atoms with Gasteiger partial charge in [0, 0.05) is 27.9 Å². The third-order valence-electron chi connectivity index (χ3n) is 3.26. The van der Waals surface area contributed by atoms with Crippen LogP contribution in [0.3, 0.4) is 0 Å². The molecule has 1 aliphatic heterocycles. The number of thiophene rings is 1. The number of nitrogens with zero attached hydrogens (tertiary/aromatic N) is 2. The molecule has 2 aromatic rings. The van der Waals surface area contributed by atoms with E-state index in [0.717, 1.165) is 6.54 Å². The Kier molecular flexibility index (Phi) is 3.27. The molecule has 0 spiro atoms. The second-order valence-corrected chi connectivity index (χ2v) is 6.81. The number of hydrogen-bond acceptors (Lipinski definition) is 4. The predicted molar refractivity (Wildman–Crippen MR) is 73.6 cm³/mol. The zero-order valence-electron chi connectivity index (χ0n) is 9.93. The van der Waals surface area contributed by atoms with E-state index >= 15 is 0 Å². The Bertz CT molecular complexity index is 475. The fourth-order valence-corrected chi connectivity index (χ4v) is 4.19. The molecule has 0 aliphatic carbocycles. The summed E-state index contributed by atoms with van der Waals surface area (Å²) in [6, 6.07) is 5.03. The summed E-state index contributed by atoms with van der Waals surface area (Å²) in [6.45, 7) is 4.47. The second-order valence-electron chi connectivity index (χ2n) is 4.51. The molecule has 0 radical (unpaired) electrons. The number of rotatable bonds is 3. The first-order valence-electron chi connectivity index (χ1n) is 6.02. The first-order chi connectivity index (χ1) is 8.33. The summed E-state index contributed by atoms with van der Waals surface area (Å²) in [5, 5.41) is 3.37. The van der Waals surface area contributed by atoms with E-state index in [1.807, 2.05) is 17.5 Å². The van der Waals surface area contributed by atoms with E-state index in [9.17, 15) is 0 Å². The minimum absolute atomic E-state index is 0.553. The van der Waals surface area contributed by atoms with Gasteiger partial charge in [0.2, 0.25) is 0 Å². The van der Waals surface area contributed by atoms with Crippen molar-refractivity contribution in [2.75, 3.05) is 6.54 Å². The molecule has 17 heavy (non-hydrogen) atoms. The Labute approximate surface area is 110 Å². The lowest BCUT2D eigenvalue weighted by molar-refractivity contribution is 0.250. The van der Waals surface area contributed by atoms with Gasteiger partial charge in [0.25, 0.3) is 0 Å². The number of aryl methyl sites for hydroxylation is 1. The maximum absolute atomic E-state index is 4.48. The van der Waals surface area contributed by atoms with Crippen LogP contribution in [-0.2, 0) is 6.54 Å². The Morgan fingerprint density at radius 1 is 1.47 bits per heavy atom. The number of thiazole rings is 1. The van der Waals surface area contributed by atoms with Gasteiger partial charge in [0.1, 0.15) is 5.01 Å². The number of hydrogen-bond donors (Lipinski definition) is 0. The molecule has 2 nitrogen and oxygen atoms in total. The van der Waals surface area contributed by atoms with E-state index in [1.165, 1.54) is 34.1 Å². The van der Waals surface area contributed by atoms with Crippen LogP contribution in [0.2, 0.25) is 0 Å². The molecule has 4 heteroatoms. The maximum Gasteiger partial charge on any atom is 0.110 e. The van der Waals surface area contributed by atoms with Crippen LogP contribution in [0.25, 0.3) is 0 Å². The summed E-state index contributed by atoms with van der Waals surface area (Å²) >= 11 is 3.71. The van der Waals surface area contributed by atoms with E-state index in [4.69, 9.17) is 0 Å². The van der Waals surface area contributed by atoms with E-state index in [-0.39, 0.29) is 0 Å². The first kappa shape index (κ1) is 11.4. The van der Waals surface area contributed by atoms with Gasteiger partial charge in [-0.05, 0) is 38.4 Å². The molecule has 3 rings (SSSR count). The first-order valence-corrected chi connectivity index (χ1v) is 7.71. The lowest BCUT2D eigenvalue weighted by Gasteiger charge is -2.21. The van der Waals surface area contributed by atoms with Crippen molar-refractivity contribution in [1.82, 2.24) is 9.88 Å². The lowest BCUT2D eigenvalue weighted by atomic mass is 10.2. The lowest BCUT2D eigenvalue weighted by Crippen LogP contribution is -2.22. The number of likely N-dealkylation sites (tertiary alicyclic amines) is 1. The average molecular weight is 264 g/mol. The molecular weight excluding hydrogens is 248 g/mol. The van der Waals surface area contributed by atoms with Crippen molar-refractivity contribution in [3.63, 3.8) is 0 Å². The molecule has 1 aliphatic rings. The molecule has 0 aromatic carbocycles. The predicted octanol–water partition coefficient (Wildman–Crippen LogP) is 3.85. The summed E-state index contributed by atoms with van der Waals surface area (Å²) < 4.78 is 0. The van der Waals surface area contributed by atoms with Crippen molar-refractivity contribution in [2.24, 2.45) is 0 Å². The highest BCUT2D eigenvalue weighted by Crippen LogP contribution is 2.34. The van der Waals surface area contributed by atoms with Crippen LogP contribution in [0.5, 0.6) is 0 Å². The molecule has 3 heterocycles. The van der Waals surface area contributed by atoms with Crippen molar-refractivity contribution in [1.29, 1.82) is 0 Å². The third-order valence-corrected chi connectivity index (χ3v) is 5.12. The van der Waals surface area contributed by atoms with Gasteiger partial charge in [-0.25, -0.2) is 4.98 Å². The van der Waals surface area contributed by atoms with Crippen molar-refractivity contribution in [3.05, 3.63) is 38.5 Å². The molecule has 0 amide bonds. The second kappa shape index (κ2) is 4.88. The SMILES string of the molecule is Cc1ccc(CN2CCCC2c2nccs2)s1. The quantitative estimate of drug-likeness (QED) is 0.837. The van der Waals surface area contributed by atoms with Crippen LogP contribution in [0, 0.1) is 6.92 Å².